The summed E-state index contributed by atoms with van der Waals surface area (Å²) >= 11 is 0. The zero-order valence-corrected chi connectivity index (χ0v) is 12.6. The summed E-state index contributed by atoms with van der Waals surface area (Å²) in [7, 11) is -1.74. The van der Waals surface area contributed by atoms with Crippen LogP contribution in [0.25, 0.3) is 0 Å². The third kappa shape index (κ3) is 2.94. The molecule has 1 fully saturated rings. The van der Waals surface area contributed by atoms with E-state index in [-0.39, 0.29) is 16.1 Å². The number of hydrogen-bond donors (Lipinski definition) is 1. The molecular formula is C13H20FN3O2S. The van der Waals surface area contributed by atoms with Gasteiger partial charge in [-0.25, -0.2) is 12.8 Å². The maximum Gasteiger partial charge on any atom is 0.243 e. The van der Waals surface area contributed by atoms with E-state index in [1.807, 2.05) is 7.05 Å². The molecule has 1 saturated heterocycles. The molecule has 1 aromatic carbocycles. The highest BCUT2D eigenvalue weighted by atomic mass is 32.2. The SMILES string of the molecule is Cc1c(F)cc(N)cc1S(=O)(=O)N1CCCN(C)CC1. The average molecular weight is 301 g/mol. The van der Waals surface area contributed by atoms with Crippen molar-refractivity contribution in [2.75, 3.05) is 39.0 Å². The van der Waals surface area contributed by atoms with Crippen molar-refractivity contribution in [2.24, 2.45) is 0 Å². The molecule has 112 valence electrons. The first kappa shape index (κ1) is 15.2. The van der Waals surface area contributed by atoms with E-state index in [9.17, 15) is 12.8 Å². The van der Waals surface area contributed by atoms with Crippen molar-refractivity contribution < 1.29 is 12.8 Å². The molecule has 0 atom stereocenters. The summed E-state index contributed by atoms with van der Waals surface area (Å²) in [5.74, 6) is -0.587. The third-order valence-electron chi connectivity index (χ3n) is 3.62. The lowest BCUT2D eigenvalue weighted by Crippen LogP contribution is -2.35. The second kappa shape index (κ2) is 5.67. The number of halogens is 1. The number of anilines is 1. The topological polar surface area (TPSA) is 66.6 Å². The molecule has 0 radical (unpaired) electrons. The fourth-order valence-electron chi connectivity index (χ4n) is 2.34. The van der Waals surface area contributed by atoms with E-state index in [4.69, 9.17) is 5.73 Å². The fourth-order valence-corrected chi connectivity index (χ4v) is 4.08. The van der Waals surface area contributed by atoms with E-state index in [1.54, 1.807) is 0 Å². The Hall–Kier alpha value is -1.18. The lowest BCUT2D eigenvalue weighted by atomic mass is 10.2. The zero-order chi connectivity index (χ0) is 14.9. The van der Waals surface area contributed by atoms with E-state index in [1.165, 1.54) is 17.3 Å². The Kier molecular flexibility index (Phi) is 4.31. The fraction of sp³-hybridized carbons (Fsp3) is 0.538. The molecule has 5 nitrogen and oxygen atoms in total. The maximum atomic E-state index is 13.7. The summed E-state index contributed by atoms with van der Waals surface area (Å²) in [6.07, 6.45) is 0.763. The van der Waals surface area contributed by atoms with E-state index in [2.05, 4.69) is 4.90 Å². The normalized spacial score (nSPS) is 18.9. The van der Waals surface area contributed by atoms with Crippen molar-refractivity contribution in [1.29, 1.82) is 0 Å². The molecule has 0 unspecified atom stereocenters. The van der Waals surface area contributed by atoms with Gasteiger partial charge in [-0.15, -0.1) is 0 Å². The number of sulfonamides is 1. The Morgan fingerprint density at radius 2 is 1.90 bits per heavy atom. The Morgan fingerprint density at radius 1 is 1.20 bits per heavy atom. The van der Waals surface area contributed by atoms with Crippen LogP contribution in [0.1, 0.15) is 12.0 Å². The van der Waals surface area contributed by atoms with Crippen LogP contribution < -0.4 is 5.73 Å². The van der Waals surface area contributed by atoms with Gasteiger partial charge in [0.25, 0.3) is 0 Å². The minimum atomic E-state index is -3.70. The molecule has 0 aliphatic carbocycles. The van der Waals surface area contributed by atoms with Crippen molar-refractivity contribution in [3.8, 4) is 0 Å². The zero-order valence-electron chi connectivity index (χ0n) is 11.8. The van der Waals surface area contributed by atoms with Crippen LogP contribution in [0.2, 0.25) is 0 Å². The lowest BCUT2D eigenvalue weighted by Gasteiger charge is -2.21. The Labute approximate surface area is 119 Å². The summed E-state index contributed by atoms with van der Waals surface area (Å²) in [6, 6.07) is 2.48. The van der Waals surface area contributed by atoms with Crippen LogP contribution in [-0.2, 0) is 10.0 Å². The lowest BCUT2D eigenvalue weighted by molar-refractivity contribution is 0.347. The monoisotopic (exact) mass is 301 g/mol. The molecule has 0 spiro atoms. The number of likely N-dealkylation sites (N-methyl/N-ethyl adjacent to an activating group) is 1. The quantitative estimate of drug-likeness (QED) is 0.829. The van der Waals surface area contributed by atoms with Crippen LogP contribution in [0.15, 0.2) is 17.0 Å². The van der Waals surface area contributed by atoms with Crippen LogP contribution in [-0.4, -0.2) is 50.8 Å². The minimum absolute atomic E-state index is 0.0282. The van der Waals surface area contributed by atoms with Gasteiger partial charge < -0.3 is 10.6 Å². The highest BCUT2D eigenvalue weighted by molar-refractivity contribution is 7.89. The summed E-state index contributed by atoms with van der Waals surface area (Å²) in [5, 5.41) is 0. The second-order valence-electron chi connectivity index (χ2n) is 5.19. The summed E-state index contributed by atoms with van der Waals surface area (Å²) in [6.45, 7) is 3.85. The average Bonchev–Trinajstić information content (AvgIpc) is 2.58. The predicted octanol–water partition coefficient (Wildman–Crippen LogP) is 1.04. The van der Waals surface area contributed by atoms with Crippen molar-refractivity contribution in [2.45, 2.75) is 18.2 Å². The molecule has 1 aliphatic heterocycles. The van der Waals surface area contributed by atoms with Gasteiger partial charge in [0.15, 0.2) is 0 Å². The van der Waals surface area contributed by atoms with Crippen LogP contribution >= 0.6 is 0 Å². The van der Waals surface area contributed by atoms with Crippen molar-refractivity contribution in [3.63, 3.8) is 0 Å². The smallest absolute Gasteiger partial charge is 0.243 e. The molecule has 0 saturated carbocycles. The Bertz CT molecular complexity index is 604. The molecular weight excluding hydrogens is 281 g/mol. The molecule has 20 heavy (non-hydrogen) atoms. The van der Waals surface area contributed by atoms with E-state index >= 15 is 0 Å². The van der Waals surface area contributed by atoms with Gasteiger partial charge >= 0.3 is 0 Å². The Morgan fingerprint density at radius 3 is 2.60 bits per heavy atom. The largest absolute Gasteiger partial charge is 0.399 e. The van der Waals surface area contributed by atoms with E-state index in [0.29, 0.717) is 19.6 Å². The van der Waals surface area contributed by atoms with Crippen molar-refractivity contribution >= 4 is 15.7 Å². The van der Waals surface area contributed by atoms with Crippen molar-refractivity contribution in [1.82, 2.24) is 9.21 Å². The summed E-state index contributed by atoms with van der Waals surface area (Å²) in [4.78, 5) is 2.06. The standard InChI is InChI=1S/C13H20FN3O2S/c1-10-12(14)8-11(15)9-13(10)20(18,19)17-5-3-4-16(2)6-7-17/h8-9H,3-7,15H2,1-2H3. The summed E-state index contributed by atoms with van der Waals surface area (Å²) in [5.41, 5.74) is 5.82. The van der Waals surface area contributed by atoms with Gasteiger partial charge in [-0.05, 0) is 39.1 Å². The number of nitrogens with two attached hydrogens (primary N) is 1. The number of benzene rings is 1. The van der Waals surface area contributed by atoms with Crippen LogP contribution in [0.3, 0.4) is 0 Å². The predicted molar refractivity (Wildman–Crippen MR) is 76.4 cm³/mol. The number of hydrogen-bond acceptors (Lipinski definition) is 4. The van der Waals surface area contributed by atoms with Gasteiger partial charge in [0, 0.05) is 30.9 Å². The first-order valence-corrected chi connectivity index (χ1v) is 8.00. The van der Waals surface area contributed by atoms with Gasteiger partial charge in [-0.1, -0.05) is 0 Å². The molecule has 0 amide bonds. The van der Waals surface area contributed by atoms with Crippen LogP contribution in [0, 0.1) is 12.7 Å². The van der Waals surface area contributed by atoms with Gasteiger partial charge in [0.1, 0.15) is 5.82 Å². The minimum Gasteiger partial charge on any atom is -0.399 e. The molecule has 1 aliphatic rings. The van der Waals surface area contributed by atoms with Crippen LogP contribution in [0.5, 0.6) is 0 Å². The van der Waals surface area contributed by atoms with E-state index in [0.717, 1.165) is 19.0 Å². The highest BCUT2D eigenvalue weighted by Gasteiger charge is 2.28. The van der Waals surface area contributed by atoms with Gasteiger partial charge in [0.05, 0.1) is 4.90 Å². The second-order valence-corrected chi connectivity index (χ2v) is 7.09. The Balaban J connectivity index is 2.40. The molecule has 1 aromatic rings. The molecule has 0 bridgehead atoms. The van der Waals surface area contributed by atoms with Crippen LogP contribution in [0.4, 0.5) is 10.1 Å². The first-order valence-electron chi connectivity index (χ1n) is 6.56. The number of nitrogen functional groups attached to an aromatic ring is 1. The van der Waals surface area contributed by atoms with Crippen molar-refractivity contribution in [3.05, 3.63) is 23.5 Å². The van der Waals surface area contributed by atoms with Gasteiger partial charge in [-0.3, -0.25) is 0 Å². The highest BCUT2D eigenvalue weighted by Crippen LogP contribution is 2.25. The molecule has 0 aromatic heterocycles. The molecule has 7 heteroatoms. The number of rotatable bonds is 2. The molecule has 2 rings (SSSR count). The molecule has 2 N–H and O–H groups in total. The van der Waals surface area contributed by atoms with Gasteiger partial charge in [-0.2, -0.15) is 4.31 Å². The van der Waals surface area contributed by atoms with E-state index < -0.39 is 15.8 Å². The maximum absolute atomic E-state index is 13.7. The van der Waals surface area contributed by atoms with Gasteiger partial charge in [0.2, 0.25) is 10.0 Å². The first-order chi connectivity index (χ1) is 9.32. The summed E-state index contributed by atoms with van der Waals surface area (Å²) < 4.78 is 40.4. The third-order valence-corrected chi connectivity index (χ3v) is 5.64. The molecule has 1 heterocycles. The number of nitrogens with zero attached hydrogens (tertiary/aromatic N) is 2.